The van der Waals surface area contributed by atoms with E-state index in [2.05, 4.69) is 0 Å². The summed E-state index contributed by atoms with van der Waals surface area (Å²) in [5, 5.41) is 8.78. The second kappa shape index (κ2) is 4.81. The van der Waals surface area contributed by atoms with Gasteiger partial charge in [-0.15, -0.1) is 0 Å². The van der Waals surface area contributed by atoms with Gasteiger partial charge in [0.05, 0.1) is 17.9 Å². The molecule has 5 heteroatoms. The second-order valence-corrected chi connectivity index (χ2v) is 4.79. The van der Waals surface area contributed by atoms with Crippen LogP contribution in [0.1, 0.15) is 12.5 Å². The normalized spacial score (nSPS) is 12.6. The van der Waals surface area contributed by atoms with E-state index in [9.17, 15) is 8.42 Å². The number of hydrogen-bond donors (Lipinski definition) is 0. The molecule has 4 nitrogen and oxygen atoms in total. The maximum absolute atomic E-state index is 11.1. The van der Waals surface area contributed by atoms with Gasteiger partial charge in [0, 0.05) is 5.56 Å². The third-order valence-corrected chi connectivity index (χ3v) is 2.25. The van der Waals surface area contributed by atoms with Crippen LogP contribution in [0.25, 0.3) is 5.76 Å². The van der Waals surface area contributed by atoms with Crippen LogP contribution in [0.2, 0.25) is 0 Å². The highest BCUT2D eigenvalue weighted by atomic mass is 32.2. The summed E-state index contributed by atoms with van der Waals surface area (Å²) in [7, 11) is -3.64. The number of hydrogen-bond acceptors (Lipinski definition) is 4. The highest BCUT2D eigenvalue weighted by Crippen LogP contribution is 2.21. The molecule has 0 saturated heterocycles. The van der Waals surface area contributed by atoms with Gasteiger partial charge < -0.3 is 4.18 Å². The molecule has 1 aromatic rings. The first kappa shape index (κ1) is 12.3. The van der Waals surface area contributed by atoms with Gasteiger partial charge >= 0.3 is 10.1 Å². The standard InChI is InChI=1S/C11H11NO3S/c1-9(8-12)11(15-16(2,13)14)10-6-4-3-5-7-10/h3-7H,1-2H3/b11-9+. The number of nitriles is 1. The Hall–Kier alpha value is -1.80. The van der Waals surface area contributed by atoms with Crippen molar-refractivity contribution in [3.63, 3.8) is 0 Å². The van der Waals surface area contributed by atoms with Crippen LogP contribution in [0, 0.1) is 11.3 Å². The summed E-state index contributed by atoms with van der Waals surface area (Å²) < 4.78 is 26.9. The lowest BCUT2D eigenvalue weighted by molar-refractivity contribution is 0.468. The van der Waals surface area contributed by atoms with Crippen LogP contribution in [0.15, 0.2) is 35.9 Å². The van der Waals surface area contributed by atoms with Crippen molar-refractivity contribution in [1.82, 2.24) is 0 Å². The first-order valence-corrected chi connectivity index (χ1v) is 6.31. The zero-order chi connectivity index (χ0) is 12.2. The topological polar surface area (TPSA) is 67.2 Å². The van der Waals surface area contributed by atoms with Crippen LogP contribution in [0.3, 0.4) is 0 Å². The van der Waals surface area contributed by atoms with E-state index in [4.69, 9.17) is 9.44 Å². The van der Waals surface area contributed by atoms with Crippen molar-refractivity contribution in [1.29, 1.82) is 5.26 Å². The van der Waals surface area contributed by atoms with Crippen molar-refractivity contribution in [2.75, 3.05) is 6.26 Å². The van der Waals surface area contributed by atoms with E-state index in [1.165, 1.54) is 6.92 Å². The lowest BCUT2D eigenvalue weighted by Gasteiger charge is -2.08. The minimum absolute atomic E-state index is 0.0746. The van der Waals surface area contributed by atoms with E-state index in [0.29, 0.717) is 5.56 Å². The van der Waals surface area contributed by atoms with E-state index >= 15 is 0 Å². The predicted molar refractivity (Wildman–Crippen MR) is 60.6 cm³/mol. The van der Waals surface area contributed by atoms with Crippen molar-refractivity contribution in [2.45, 2.75) is 6.92 Å². The average molecular weight is 237 g/mol. The molecule has 0 aliphatic rings. The number of rotatable bonds is 3. The first-order valence-electron chi connectivity index (χ1n) is 4.50. The van der Waals surface area contributed by atoms with Crippen molar-refractivity contribution in [3.05, 3.63) is 41.5 Å². The summed E-state index contributed by atoms with van der Waals surface area (Å²) >= 11 is 0. The molecule has 0 heterocycles. The third-order valence-electron chi connectivity index (χ3n) is 1.78. The maximum atomic E-state index is 11.1. The summed E-state index contributed by atoms with van der Waals surface area (Å²) in [5.41, 5.74) is 0.781. The van der Waals surface area contributed by atoms with Gasteiger partial charge in [0.1, 0.15) is 0 Å². The monoisotopic (exact) mass is 237 g/mol. The van der Waals surface area contributed by atoms with Gasteiger partial charge in [-0.05, 0) is 6.92 Å². The van der Waals surface area contributed by atoms with Crippen LogP contribution in [0.5, 0.6) is 0 Å². The van der Waals surface area contributed by atoms with Crippen molar-refractivity contribution in [3.8, 4) is 6.07 Å². The molecule has 0 aliphatic heterocycles. The molecular weight excluding hydrogens is 226 g/mol. The van der Waals surface area contributed by atoms with E-state index in [1.807, 2.05) is 6.07 Å². The first-order chi connectivity index (χ1) is 7.44. The fraction of sp³-hybridized carbons (Fsp3) is 0.182. The fourth-order valence-electron chi connectivity index (χ4n) is 1.12. The Morgan fingerprint density at radius 2 is 1.88 bits per heavy atom. The molecule has 0 fully saturated rings. The van der Waals surface area contributed by atoms with E-state index < -0.39 is 10.1 Å². The number of allylic oxidation sites excluding steroid dienone is 1. The van der Waals surface area contributed by atoms with Crippen molar-refractivity contribution < 1.29 is 12.6 Å². The molecule has 0 radical (unpaired) electrons. The van der Waals surface area contributed by atoms with Crippen molar-refractivity contribution in [2.24, 2.45) is 0 Å². The maximum Gasteiger partial charge on any atom is 0.306 e. The molecule has 0 aromatic heterocycles. The molecule has 0 atom stereocenters. The lowest BCUT2D eigenvalue weighted by Crippen LogP contribution is -2.03. The largest absolute Gasteiger partial charge is 0.381 e. The van der Waals surface area contributed by atoms with Gasteiger partial charge in [0.15, 0.2) is 5.76 Å². The van der Waals surface area contributed by atoms with Gasteiger partial charge in [-0.25, -0.2) is 0 Å². The Balaban J connectivity index is 3.26. The molecule has 0 aliphatic carbocycles. The summed E-state index contributed by atoms with van der Waals surface area (Å²) in [6.07, 6.45) is 0.945. The summed E-state index contributed by atoms with van der Waals surface area (Å²) in [6.45, 7) is 1.51. The highest BCUT2D eigenvalue weighted by Gasteiger charge is 2.13. The Labute approximate surface area is 94.9 Å². The molecule has 0 saturated carbocycles. The molecular formula is C11H11NO3S. The number of benzene rings is 1. The molecule has 0 spiro atoms. The molecule has 1 aromatic carbocycles. The Morgan fingerprint density at radius 1 is 1.31 bits per heavy atom. The highest BCUT2D eigenvalue weighted by molar-refractivity contribution is 7.86. The van der Waals surface area contributed by atoms with E-state index in [1.54, 1.807) is 30.3 Å². The molecule has 84 valence electrons. The van der Waals surface area contributed by atoms with Crippen LogP contribution < -0.4 is 0 Å². The SMILES string of the molecule is C/C(C#N)=C(\OS(C)(=O)=O)c1ccccc1. The molecule has 16 heavy (non-hydrogen) atoms. The number of nitrogens with zero attached hydrogens (tertiary/aromatic N) is 1. The summed E-state index contributed by atoms with van der Waals surface area (Å²) in [4.78, 5) is 0. The Bertz CT molecular complexity index is 538. The quantitative estimate of drug-likeness (QED) is 0.457. The summed E-state index contributed by atoms with van der Waals surface area (Å²) in [5.74, 6) is 0.0746. The smallest absolute Gasteiger partial charge is 0.306 e. The van der Waals surface area contributed by atoms with Gasteiger partial charge in [-0.2, -0.15) is 13.7 Å². The lowest BCUT2D eigenvalue weighted by atomic mass is 10.1. The fourth-order valence-corrected chi connectivity index (χ4v) is 1.64. The Morgan fingerprint density at radius 3 is 2.31 bits per heavy atom. The second-order valence-electron chi connectivity index (χ2n) is 3.22. The van der Waals surface area contributed by atoms with Crippen LogP contribution in [-0.2, 0) is 14.3 Å². The minimum atomic E-state index is -3.64. The minimum Gasteiger partial charge on any atom is -0.381 e. The van der Waals surface area contributed by atoms with Crippen LogP contribution in [0.4, 0.5) is 0 Å². The van der Waals surface area contributed by atoms with E-state index in [0.717, 1.165) is 6.26 Å². The molecule has 1 rings (SSSR count). The van der Waals surface area contributed by atoms with Crippen LogP contribution >= 0.6 is 0 Å². The zero-order valence-electron chi connectivity index (χ0n) is 8.97. The van der Waals surface area contributed by atoms with E-state index in [-0.39, 0.29) is 11.3 Å². The van der Waals surface area contributed by atoms with Gasteiger partial charge in [0.2, 0.25) is 0 Å². The molecule has 0 unspecified atom stereocenters. The average Bonchev–Trinajstić information content (AvgIpc) is 2.25. The van der Waals surface area contributed by atoms with Gasteiger partial charge in [-0.1, -0.05) is 30.3 Å². The summed E-state index contributed by atoms with van der Waals surface area (Å²) in [6, 6.07) is 10.5. The van der Waals surface area contributed by atoms with Gasteiger partial charge in [0.25, 0.3) is 0 Å². The predicted octanol–water partition coefficient (Wildman–Crippen LogP) is 1.92. The molecule has 0 amide bonds. The third kappa shape index (κ3) is 3.41. The molecule has 0 bridgehead atoms. The van der Waals surface area contributed by atoms with Crippen LogP contribution in [-0.4, -0.2) is 14.7 Å². The molecule has 0 N–H and O–H groups in total. The van der Waals surface area contributed by atoms with Gasteiger partial charge in [-0.3, -0.25) is 0 Å². The zero-order valence-corrected chi connectivity index (χ0v) is 9.78. The van der Waals surface area contributed by atoms with Crippen molar-refractivity contribution >= 4 is 15.9 Å². The Kier molecular flexibility index (Phi) is 3.69.